The minimum atomic E-state index is -4.05. The third kappa shape index (κ3) is 5.21. The van der Waals surface area contributed by atoms with Crippen molar-refractivity contribution in [2.45, 2.75) is 19.0 Å². The molecule has 1 heterocycles. The van der Waals surface area contributed by atoms with Crippen LogP contribution in [0.5, 0.6) is 0 Å². The van der Waals surface area contributed by atoms with Crippen LogP contribution >= 0.6 is 11.6 Å². The second-order valence-corrected chi connectivity index (χ2v) is 10.3. The minimum absolute atomic E-state index is 0.0598. The van der Waals surface area contributed by atoms with Crippen LogP contribution in [0.25, 0.3) is 22.0 Å². The van der Waals surface area contributed by atoms with Crippen LogP contribution in [0, 0.1) is 5.82 Å². The van der Waals surface area contributed by atoms with Crippen molar-refractivity contribution in [3.05, 3.63) is 87.9 Å². The highest BCUT2D eigenvalue weighted by atomic mass is 35.5. The summed E-state index contributed by atoms with van der Waals surface area (Å²) in [5, 5.41) is 17.7. The van der Waals surface area contributed by atoms with Crippen LogP contribution < -0.4 is 9.86 Å². The number of aromatic nitrogens is 3. The SMILES string of the molecule is CS(=O)(=O)N(c1ccc(-c2ccc(Cl)cc2)cc1)C(CCn1nnc2cccc(F)c2c1=O)C(=O)O. The van der Waals surface area contributed by atoms with Gasteiger partial charge in [-0.2, -0.15) is 0 Å². The zero-order valence-corrected chi connectivity index (χ0v) is 20.4. The van der Waals surface area contributed by atoms with Gasteiger partial charge in [0.15, 0.2) is 0 Å². The second kappa shape index (κ2) is 10.0. The number of rotatable bonds is 8. The molecule has 1 atom stereocenters. The van der Waals surface area contributed by atoms with Crippen molar-refractivity contribution in [2.75, 3.05) is 10.6 Å². The van der Waals surface area contributed by atoms with Gasteiger partial charge in [-0.1, -0.05) is 47.1 Å². The summed E-state index contributed by atoms with van der Waals surface area (Å²) in [6.45, 7) is -0.304. The van der Waals surface area contributed by atoms with E-state index < -0.39 is 33.4 Å². The van der Waals surface area contributed by atoms with Gasteiger partial charge < -0.3 is 5.11 Å². The highest BCUT2D eigenvalue weighted by Crippen LogP contribution is 2.28. The topological polar surface area (TPSA) is 122 Å². The molecule has 0 saturated heterocycles. The van der Waals surface area contributed by atoms with E-state index in [1.54, 1.807) is 36.4 Å². The Morgan fingerprint density at radius 3 is 2.28 bits per heavy atom. The molecule has 4 aromatic rings. The van der Waals surface area contributed by atoms with Crippen molar-refractivity contribution in [3.63, 3.8) is 0 Å². The quantitative estimate of drug-likeness (QED) is 0.369. The summed E-state index contributed by atoms with van der Waals surface area (Å²) in [6.07, 6.45) is 0.573. The van der Waals surface area contributed by atoms with Crippen molar-refractivity contribution in [2.24, 2.45) is 0 Å². The maximum absolute atomic E-state index is 14.2. The van der Waals surface area contributed by atoms with Crippen LogP contribution in [0.15, 0.2) is 71.5 Å². The zero-order valence-electron chi connectivity index (χ0n) is 18.9. The first-order valence-electron chi connectivity index (χ1n) is 10.7. The van der Waals surface area contributed by atoms with Crippen molar-refractivity contribution >= 4 is 44.2 Å². The van der Waals surface area contributed by atoms with Crippen molar-refractivity contribution < 1.29 is 22.7 Å². The summed E-state index contributed by atoms with van der Waals surface area (Å²) >= 11 is 5.92. The molecule has 1 aromatic heterocycles. The van der Waals surface area contributed by atoms with Gasteiger partial charge in [0.05, 0.1) is 11.9 Å². The summed E-state index contributed by atoms with van der Waals surface area (Å²) in [5.74, 6) is -2.20. The Balaban J connectivity index is 1.65. The fourth-order valence-electron chi connectivity index (χ4n) is 3.86. The van der Waals surface area contributed by atoms with E-state index in [1.165, 1.54) is 24.3 Å². The van der Waals surface area contributed by atoms with E-state index in [1.807, 2.05) is 0 Å². The fraction of sp³-hybridized carbons (Fsp3) is 0.167. The van der Waals surface area contributed by atoms with Gasteiger partial charge in [-0.25, -0.2) is 22.3 Å². The third-order valence-electron chi connectivity index (χ3n) is 5.54. The number of benzene rings is 3. The number of anilines is 1. The van der Waals surface area contributed by atoms with Gasteiger partial charge in [-0.15, -0.1) is 5.10 Å². The molecule has 0 aliphatic heterocycles. The second-order valence-electron chi connectivity index (χ2n) is 8.01. The van der Waals surface area contributed by atoms with Crippen LogP contribution in [-0.2, 0) is 21.4 Å². The molecule has 0 spiro atoms. The minimum Gasteiger partial charge on any atom is -0.480 e. The maximum Gasteiger partial charge on any atom is 0.327 e. The molecule has 1 unspecified atom stereocenters. The zero-order chi connectivity index (χ0) is 26.0. The lowest BCUT2D eigenvalue weighted by Gasteiger charge is -2.29. The van der Waals surface area contributed by atoms with Crippen LogP contribution in [0.3, 0.4) is 0 Å². The monoisotopic (exact) mass is 530 g/mol. The number of halogens is 2. The molecule has 0 aliphatic carbocycles. The fourth-order valence-corrected chi connectivity index (χ4v) is 5.15. The summed E-state index contributed by atoms with van der Waals surface area (Å²) in [7, 11) is -4.05. The Kier molecular flexibility index (Phi) is 7.04. The first-order valence-corrected chi connectivity index (χ1v) is 12.9. The highest BCUT2D eigenvalue weighted by Gasteiger charge is 2.33. The predicted octanol–water partition coefficient (Wildman–Crippen LogP) is 3.56. The van der Waals surface area contributed by atoms with Crippen molar-refractivity contribution in [1.82, 2.24) is 15.0 Å². The molecule has 0 radical (unpaired) electrons. The van der Waals surface area contributed by atoms with E-state index in [0.29, 0.717) is 5.02 Å². The van der Waals surface area contributed by atoms with E-state index >= 15 is 0 Å². The van der Waals surface area contributed by atoms with Gasteiger partial charge in [0.1, 0.15) is 22.8 Å². The van der Waals surface area contributed by atoms with Gasteiger partial charge in [-0.05, 0) is 53.9 Å². The molecule has 0 aliphatic rings. The molecule has 0 amide bonds. The van der Waals surface area contributed by atoms with E-state index in [9.17, 15) is 27.5 Å². The average Bonchev–Trinajstić information content (AvgIpc) is 2.82. The summed E-state index contributed by atoms with van der Waals surface area (Å²) in [6, 6.07) is 15.7. The Morgan fingerprint density at radius 1 is 1.08 bits per heavy atom. The number of hydrogen-bond acceptors (Lipinski definition) is 6. The van der Waals surface area contributed by atoms with Gasteiger partial charge in [-0.3, -0.25) is 9.10 Å². The molecule has 0 bridgehead atoms. The number of carboxylic acids is 1. The van der Waals surface area contributed by atoms with Crippen LogP contribution in [0.4, 0.5) is 10.1 Å². The predicted molar refractivity (Wildman–Crippen MR) is 134 cm³/mol. The maximum atomic E-state index is 14.2. The Morgan fingerprint density at radius 2 is 1.69 bits per heavy atom. The van der Waals surface area contributed by atoms with E-state index in [2.05, 4.69) is 10.3 Å². The number of aryl methyl sites for hydroxylation is 1. The number of fused-ring (bicyclic) bond motifs is 1. The number of carbonyl (C=O) groups is 1. The lowest BCUT2D eigenvalue weighted by molar-refractivity contribution is -0.138. The van der Waals surface area contributed by atoms with Crippen LogP contribution in [0.1, 0.15) is 6.42 Å². The first-order chi connectivity index (χ1) is 17.1. The number of carboxylic acid groups (broad SMARTS) is 1. The normalized spacial score (nSPS) is 12.4. The molecule has 9 nitrogen and oxygen atoms in total. The van der Waals surface area contributed by atoms with Gasteiger partial charge in [0.2, 0.25) is 10.0 Å². The first kappa shape index (κ1) is 25.3. The Bertz CT molecular complexity index is 1590. The lowest BCUT2D eigenvalue weighted by Crippen LogP contribution is -2.46. The molecule has 186 valence electrons. The van der Waals surface area contributed by atoms with Crippen molar-refractivity contribution in [1.29, 1.82) is 0 Å². The van der Waals surface area contributed by atoms with Crippen LogP contribution in [-0.4, -0.2) is 46.8 Å². The van der Waals surface area contributed by atoms with Crippen LogP contribution in [0.2, 0.25) is 5.02 Å². The largest absolute Gasteiger partial charge is 0.480 e. The van der Waals surface area contributed by atoms with E-state index in [0.717, 1.165) is 32.4 Å². The molecule has 0 fully saturated rings. The number of hydrogen-bond donors (Lipinski definition) is 1. The molecular weight excluding hydrogens is 511 g/mol. The Labute approximate surface area is 210 Å². The molecule has 12 heteroatoms. The lowest BCUT2D eigenvalue weighted by atomic mass is 10.1. The van der Waals surface area contributed by atoms with E-state index in [4.69, 9.17) is 11.6 Å². The summed E-state index contributed by atoms with van der Waals surface area (Å²) in [5.41, 5.74) is 1.01. The number of sulfonamides is 1. The molecule has 4 rings (SSSR count). The standard InChI is InChI=1S/C24H20ClFN4O5S/c1-36(34,35)30(18-11-7-16(8-12-18)15-5-9-17(25)10-6-15)21(24(32)33)13-14-29-23(31)22-19(26)3-2-4-20(22)27-28-29/h2-12,21H,13-14H2,1H3,(H,32,33). The number of nitrogens with zero attached hydrogens (tertiary/aromatic N) is 4. The summed E-state index contributed by atoms with van der Waals surface area (Å²) < 4.78 is 41.1. The molecule has 36 heavy (non-hydrogen) atoms. The van der Waals surface area contributed by atoms with Gasteiger partial charge in [0.25, 0.3) is 5.56 Å². The third-order valence-corrected chi connectivity index (χ3v) is 6.97. The Hall–Kier alpha value is -3.83. The average molecular weight is 531 g/mol. The van der Waals surface area contributed by atoms with Gasteiger partial charge >= 0.3 is 5.97 Å². The molecular formula is C24H20ClFN4O5S. The van der Waals surface area contributed by atoms with E-state index in [-0.39, 0.29) is 29.6 Å². The summed E-state index contributed by atoms with van der Waals surface area (Å²) in [4.78, 5) is 24.8. The highest BCUT2D eigenvalue weighted by molar-refractivity contribution is 7.92. The number of aliphatic carboxylic acids is 1. The van der Waals surface area contributed by atoms with Gasteiger partial charge in [0, 0.05) is 11.6 Å². The molecule has 0 saturated carbocycles. The molecule has 1 N–H and O–H groups in total. The van der Waals surface area contributed by atoms with Crippen molar-refractivity contribution in [3.8, 4) is 11.1 Å². The molecule has 3 aromatic carbocycles. The smallest absolute Gasteiger partial charge is 0.327 e.